The maximum atomic E-state index is 13.0. The Kier molecular flexibility index (Phi) is 7.22. The largest absolute Gasteiger partial charge is 0.467 e. The van der Waals surface area contributed by atoms with E-state index in [-0.39, 0.29) is 24.3 Å². The van der Waals surface area contributed by atoms with Crippen LogP contribution in [0.1, 0.15) is 36.1 Å². The number of carbonyl (C=O) groups excluding carboxylic acids is 2. The molecular weight excluding hydrogens is 364 g/mol. The summed E-state index contributed by atoms with van der Waals surface area (Å²) in [5.41, 5.74) is 1.93. The summed E-state index contributed by atoms with van der Waals surface area (Å²) in [5.74, 6) is -0.0134. The number of carbonyl (C=O) groups is 2. The van der Waals surface area contributed by atoms with Crippen LogP contribution in [-0.4, -0.2) is 17.9 Å². The highest BCUT2D eigenvalue weighted by Gasteiger charge is 2.26. The normalized spacial score (nSPS) is 12.7. The summed E-state index contributed by atoms with van der Waals surface area (Å²) in [6.07, 6.45) is 2.64. The maximum absolute atomic E-state index is 13.0. The van der Waals surface area contributed by atoms with E-state index in [0.29, 0.717) is 18.6 Å². The molecule has 5 nitrogen and oxygen atoms in total. The number of amides is 2. The Morgan fingerprint density at radius 3 is 2.21 bits per heavy atom. The lowest BCUT2D eigenvalue weighted by atomic mass is 9.94. The third-order valence-corrected chi connectivity index (χ3v) is 4.86. The first-order valence-electron chi connectivity index (χ1n) is 9.86. The monoisotopic (exact) mass is 390 g/mol. The van der Waals surface area contributed by atoms with Gasteiger partial charge in [0.15, 0.2) is 0 Å². The third kappa shape index (κ3) is 5.82. The van der Waals surface area contributed by atoms with Crippen molar-refractivity contribution in [3.63, 3.8) is 0 Å². The van der Waals surface area contributed by atoms with Crippen molar-refractivity contribution in [2.45, 2.75) is 38.3 Å². The van der Waals surface area contributed by atoms with Crippen LogP contribution in [0, 0.1) is 0 Å². The van der Waals surface area contributed by atoms with E-state index < -0.39 is 6.04 Å². The molecule has 0 aliphatic rings. The lowest BCUT2D eigenvalue weighted by Gasteiger charge is -2.22. The minimum absolute atomic E-state index is 0.146. The topological polar surface area (TPSA) is 71.3 Å². The summed E-state index contributed by atoms with van der Waals surface area (Å²) in [6, 6.07) is 22.2. The van der Waals surface area contributed by atoms with E-state index in [9.17, 15) is 9.59 Å². The van der Waals surface area contributed by atoms with Gasteiger partial charge in [-0.3, -0.25) is 9.59 Å². The predicted molar refractivity (Wildman–Crippen MR) is 112 cm³/mol. The van der Waals surface area contributed by atoms with Gasteiger partial charge < -0.3 is 15.1 Å². The molecule has 0 bridgehead atoms. The molecular formula is C24H26N2O3. The highest BCUT2D eigenvalue weighted by molar-refractivity contribution is 5.90. The minimum Gasteiger partial charge on any atom is -0.467 e. The van der Waals surface area contributed by atoms with Gasteiger partial charge in [-0.25, -0.2) is 0 Å². The van der Waals surface area contributed by atoms with E-state index >= 15 is 0 Å². The molecule has 150 valence electrons. The van der Waals surface area contributed by atoms with Crippen LogP contribution in [0.4, 0.5) is 0 Å². The van der Waals surface area contributed by atoms with Crippen LogP contribution in [0.25, 0.3) is 0 Å². The quantitative estimate of drug-likeness (QED) is 0.583. The van der Waals surface area contributed by atoms with E-state index in [2.05, 4.69) is 10.6 Å². The molecule has 0 radical (unpaired) electrons. The van der Waals surface area contributed by atoms with Crippen molar-refractivity contribution in [1.29, 1.82) is 0 Å². The summed E-state index contributed by atoms with van der Waals surface area (Å²) in [6.45, 7) is 2.25. The van der Waals surface area contributed by atoms with E-state index in [4.69, 9.17) is 4.42 Å². The van der Waals surface area contributed by atoms with Crippen LogP contribution in [0.15, 0.2) is 83.5 Å². The molecule has 2 aromatic carbocycles. The minimum atomic E-state index is -0.669. The highest BCUT2D eigenvalue weighted by Crippen LogP contribution is 2.20. The molecule has 3 rings (SSSR count). The van der Waals surface area contributed by atoms with Gasteiger partial charge in [0.2, 0.25) is 11.8 Å². The standard InChI is InChI=1S/C24H26N2O3/c1-2-21(19-12-7-4-8-13-19)23(27)26-22(16-18-10-5-3-6-11-18)24(28)25-17-20-14-9-15-29-20/h3-15,21-22H,2,16-17H2,1H3,(H,25,28)(H,26,27). The van der Waals surface area contributed by atoms with Gasteiger partial charge in [0, 0.05) is 6.42 Å². The molecule has 3 aromatic rings. The molecule has 0 saturated carbocycles. The molecule has 1 heterocycles. The maximum Gasteiger partial charge on any atom is 0.243 e. The third-order valence-electron chi connectivity index (χ3n) is 4.86. The lowest BCUT2D eigenvalue weighted by Crippen LogP contribution is -2.49. The van der Waals surface area contributed by atoms with E-state index in [1.54, 1.807) is 18.4 Å². The van der Waals surface area contributed by atoms with Gasteiger partial charge in [0.25, 0.3) is 0 Å². The average Bonchev–Trinajstić information content (AvgIpc) is 3.27. The van der Waals surface area contributed by atoms with Crippen molar-refractivity contribution in [2.24, 2.45) is 0 Å². The first-order valence-corrected chi connectivity index (χ1v) is 9.86. The van der Waals surface area contributed by atoms with Crippen molar-refractivity contribution in [2.75, 3.05) is 0 Å². The zero-order chi connectivity index (χ0) is 20.5. The second-order valence-corrected chi connectivity index (χ2v) is 6.92. The van der Waals surface area contributed by atoms with Gasteiger partial charge in [-0.15, -0.1) is 0 Å². The molecule has 2 atom stereocenters. The molecule has 0 fully saturated rings. The fourth-order valence-corrected chi connectivity index (χ4v) is 3.30. The molecule has 0 aliphatic carbocycles. The van der Waals surface area contributed by atoms with Gasteiger partial charge >= 0.3 is 0 Å². The summed E-state index contributed by atoms with van der Waals surface area (Å²) in [7, 11) is 0. The smallest absolute Gasteiger partial charge is 0.243 e. The summed E-state index contributed by atoms with van der Waals surface area (Å²) < 4.78 is 5.27. The van der Waals surface area contributed by atoms with Crippen molar-refractivity contribution >= 4 is 11.8 Å². The molecule has 0 spiro atoms. The number of hydrogen-bond acceptors (Lipinski definition) is 3. The van der Waals surface area contributed by atoms with Gasteiger partial charge in [-0.05, 0) is 29.7 Å². The van der Waals surface area contributed by atoms with Crippen LogP contribution in [-0.2, 0) is 22.6 Å². The van der Waals surface area contributed by atoms with Gasteiger partial charge in [-0.2, -0.15) is 0 Å². The first-order chi connectivity index (χ1) is 14.2. The highest BCUT2D eigenvalue weighted by atomic mass is 16.3. The van der Waals surface area contributed by atoms with Crippen molar-refractivity contribution < 1.29 is 14.0 Å². The van der Waals surface area contributed by atoms with Crippen LogP contribution in [0.2, 0.25) is 0 Å². The summed E-state index contributed by atoms with van der Waals surface area (Å²) in [4.78, 5) is 25.9. The SMILES string of the molecule is CCC(C(=O)NC(Cc1ccccc1)C(=O)NCc1ccco1)c1ccccc1. The molecule has 29 heavy (non-hydrogen) atoms. The summed E-state index contributed by atoms with van der Waals surface area (Å²) in [5, 5.41) is 5.82. The summed E-state index contributed by atoms with van der Waals surface area (Å²) >= 11 is 0. The Bertz CT molecular complexity index is 892. The Balaban J connectivity index is 1.72. The number of rotatable bonds is 9. The van der Waals surface area contributed by atoms with Crippen LogP contribution >= 0.6 is 0 Å². The molecule has 5 heteroatoms. The fraction of sp³-hybridized carbons (Fsp3) is 0.250. The Morgan fingerprint density at radius 1 is 0.897 bits per heavy atom. The second-order valence-electron chi connectivity index (χ2n) is 6.92. The Hall–Kier alpha value is -3.34. The number of nitrogens with one attached hydrogen (secondary N) is 2. The molecule has 1 aromatic heterocycles. The molecule has 2 unspecified atom stereocenters. The average molecular weight is 390 g/mol. The number of furan rings is 1. The van der Waals surface area contributed by atoms with E-state index in [1.807, 2.05) is 67.6 Å². The van der Waals surface area contributed by atoms with Gasteiger partial charge in [0.05, 0.1) is 18.7 Å². The second kappa shape index (κ2) is 10.3. The number of hydrogen-bond donors (Lipinski definition) is 2. The fourth-order valence-electron chi connectivity index (χ4n) is 3.30. The first kappa shape index (κ1) is 20.4. The van der Waals surface area contributed by atoms with E-state index in [1.165, 1.54) is 0 Å². The Morgan fingerprint density at radius 2 is 1.59 bits per heavy atom. The van der Waals surface area contributed by atoms with Crippen molar-refractivity contribution in [1.82, 2.24) is 10.6 Å². The van der Waals surface area contributed by atoms with Gasteiger partial charge in [-0.1, -0.05) is 67.6 Å². The van der Waals surface area contributed by atoms with Crippen LogP contribution in [0.3, 0.4) is 0 Å². The van der Waals surface area contributed by atoms with E-state index in [0.717, 1.165) is 11.1 Å². The van der Waals surface area contributed by atoms with Crippen LogP contribution in [0.5, 0.6) is 0 Å². The predicted octanol–water partition coefficient (Wildman–Crippen LogP) is 3.82. The Labute approximate surface area is 171 Å². The molecule has 2 N–H and O–H groups in total. The zero-order valence-electron chi connectivity index (χ0n) is 16.5. The van der Waals surface area contributed by atoms with Gasteiger partial charge in [0.1, 0.15) is 11.8 Å². The molecule has 2 amide bonds. The zero-order valence-corrected chi connectivity index (χ0v) is 16.5. The lowest BCUT2D eigenvalue weighted by molar-refractivity contribution is -0.129. The molecule has 0 saturated heterocycles. The van der Waals surface area contributed by atoms with Crippen molar-refractivity contribution in [3.05, 3.63) is 95.9 Å². The van der Waals surface area contributed by atoms with Crippen molar-refractivity contribution in [3.8, 4) is 0 Å². The number of benzene rings is 2. The molecule has 0 aliphatic heterocycles. The van der Waals surface area contributed by atoms with Crippen LogP contribution < -0.4 is 10.6 Å².